The van der Waals surface area contributed by atoms with Crippen molar-refractivity contribution in [2.45, 2.75) is 59.0 Å². The first kappa shape index (κ1) is 11.6. The third-order valence-corrected chi connectivity index (χ3v) is 3.48. The first-order valence-electron chi connectivity index (χ1n) is 6.40. The van der Waals surface area contributed by atoms with Gasteiger partial charge >= 0.3 is 0 Å². The van der Waals surface area contributed by atoms with Gasteiger partial charge in [-0.3, -0.25) is 0 Å². The lowest BCUT2D eigenvalue weighted by molar-refractivity contribution is 0.343. The molecule has 1 aliphatic rings. The van der Waals surface area contributed by atoms with Gasteiger partial charge in [0, 0.05) is 24.6 Å². The van der Waals surface area contributed by atoms with Gasteiger partial charge in [-0.25, -0.2) is 0 Å². The summed E-state index contributed by atoms with van der Waals surface area (Å²) < 4.78 is 5.42. The summed E-state index contributed by atoms with van der Waals surface area (Å²) in [6.07, 6.45) is 4.75. The van der Waals surface area contributed by atoms with E-state index < -0.39 is 0 Å². The van der Waals surface area contributed by atoms with Crippen LogP contribution in [0.3, 0.4) is 0 Å². The summed E-state index contributed by atoms with van der Waals surface area (Å²) in [5.41, 5.74) is 2.51. The van der Waals surface area contributed by atoms with Gasteiger partial charge in [-0.15, -0.1) is 0 Å². The Balaban J connectivity index is 2.07. The Morgan fingerprint density at radius 2 is 2.31 bits per heavy atom. The van der Waals surface area contributed by atoms with E-state index in [2.05, 4.69) is 31.2 Å². The van der Waals surface area contributed by atoms with Gasteiger partial charge in [0.05, 0.1) is 0 Å². The zero-order valence-corrected chi connectivity index (χ0v) is 10.5. The molecule has 0 saturated heterocycles. The third-order valence-electron chi connectivity index (χ3n) is 3.48. The molecule has 16 heavy (non-hydrogen) atoms. The van der Waals surface area contributed by atoms with Crippen LogP contribution in [0.15, 0.2) is 4.52 Å². The predicted molar refractivity (Wildman–Crippen MR) is 64.3 cm³/mol. The SMILES string of the molecule is CCC1CCc2onc(CNC(C)C)c2C1. The Hall–Kier alpha value is -0.830. The van der Waals surface area contributed by atoms with Gasteiger partial charge in [-0.05, 0) is 18.8 Å². The van der Waals surface area contributed by atoms with Gasteiger partial charge in [-0.1, -0.05) is 32.3 Å². The highest BCUT2D eigenvalue weighted by Gasteiger charge is 2.24. The van der Waals surface area contributed by atoms with Crippen LogP contribution >= 0.6 is 0 Å². The number of aromatic nitrogens is 1. The zero-order chi connectivity index (χ0) is 11.5. The number of rotatable bonds is 4. The van der Waals surface area contributed by atoms with Crippen molar-refractivity contribution < 1.29 is 4.52 Å². The molecular formula is C13H22N2O. The lowest BCUT2D eigenvalue weighted by Crippen LogP contribution is -2.23. The van der Waals surface area contributed by atoms with Crippen molar-refractivity contribution >= 4 is 0 Å². The van der Waals surface area contributed by atoms with Gasteiger partial charge in [0.1, 0.15) is 11.5 Å². The zero-order valence-electron chi connectivity index (χ0n) is 10.5. The smallest absolute Gasteiger partial charge is 0.140 e. The molecule has 90 valence electrons. The molecule has 1 aliphatic carbocycles. The van der Waals surface area contributed by atoms with Crippen molar-refractivity contribution in [3.63, 3.8) is 0 Å². The first-order valence-corrected chi connectivity index (χ1v) is 6.40. The minimum atomic E-state index is 0.498. The molecule has 1 aromatic heterocycles. The van der Waals surface area contributed by atoms with Crippen LogP contribution in [0, 0.1) is 5.92 Å². The fraction of sp³-hybridized carbons (Fsp3) is 0.769. The summed E-state index contributed by atoms with van der Waals surface area (Å²) >= 11 is 0. The molecular weight excluding hydrogens is 200 g/mol. The Labute approximate surface area is 97.6 Å². The van der Waals surface area contributed by atoms with E-state index in [1.54, 1.807) is 0 Å². The molecule has 1 heterocycles. The van der Waals surface area contributed by atoms with Crippen LogP contribution in [0.5, 0.6) is 0 Å². The van der Waals surface area contributed by atoms with E-state index in [9.17, 15) is 0 Å². The van der Waals surface area contributed by atoms with Crippen LogP contribution in [0.25, 0.3) is 0 Å². The highest BCUT2D eigenvalue weighted by atomic mass is 16.5. The summed E-state index contributed by atoms with van der Waals surface area (Å²) in [6.45, 7) is 7.42. The monoisotopic (exact) mass is 222 g/mol. The van der Waals surface area contributed by atoms with E-state index in [1.807, 2.05) is 0 Å². The van der Waals surface area contributed by atoms with Gasteiger partial charge in [-0.2, -0.15) is 0 Å². The van der Waals surface area contributed by atoms with Crippen LogP contribution in [0.1, 0.15) is 50.6 Å². The lowest BCUT2D eigenvalue weighted by Gasteiger charge is -2.19. The maximum Gasteiger partial charge on any atom is 0.140 e. The molecule has 1 aromatic rings. The molecule has 2 rings (SSSR count). The summed E-state index contributed by atoms with van der Waals surface area (Å²) in [6, 6.07) is 0.498. The molecule has 0 fully saturated rings. The van der Waals surface area contributed by atoms with Crippen LogP contribution in [0.4, 0.5) is 0 Å². The summed E-state index contributed by atoms with van der Waals surface area (Å²) in [7, 11) is 0. The molecule has 1 unspecified atom stereocenters. The van der Waals surface area contributed by atoms with E-state index in [0.717, 1.165) is 36.8 Å². The Kier molecular flexibility index (Phi) is 3.64. The van der Waals surface area contributed by atoms with E-state index in [0.29, 0.717) is 6.04 Å². The van der Waals surface area contributed by atoms with E-state index >= 15 is 0 Å². The molecule has 0 saturated carbocycles. The number of hydrogen-bond acceptors (Lipinski definition) is 3. The molecule has 3 nitrogen and oxygen atoms in total. The molecule has 0 radical (unpaired) electrons. The summed E-state index contributed by atoms with van der Waals surface area (Å²) in [4.78, 5) is 0. The Morgan fingerprint density at radius 3 is 3.00 bits per heavy atom. The second-order valence-electron chi connectivity index (χ2n) is 5.08. The van der Waals surface area contributed by atoms with Crippen LogP contribution < -0.4 is 5.32 Å². The second kappa shape index (κ2) is 5.00. The summed E-state index contributed by atoms with van der Waals surface area (Å²) in [5.74, 6) is 1.95. The third kappa shape index (κ3) is 2.46. The van der Waals surface area contributed by atoms with Crippen molar-refractivity contribution in [1.29, 1.82) is 0 Å². The van der Waals surface area contributed by atoms with Crippen molar-refractivity contribution in [3.8, 4) is 0 Å². The quantitative estimate of drug-likeness (QED) is 0.851. The molecule has 1 N–H and O–H groups in total. The number of nitrogens with zero attached hydrogens (tertiary/aromatic N) is 1. The van der Waals surface area contributed by atoms with E-state index in [-0.39, 0.29) is 0 Å². The fourth-order valence-electron chi connectivity index (χ4n) is 2.32. The number of hydrogen-bond donors (Lipinski definition) is 1. The minimum absolute atomic E-state index is 0.498. The number of nitrogens with one attached hydrogen (secondary N) is 1. The largest absolute Gasteiger partial charge is 0.361 e. The average Bonchev–Trinajstić information content (AvgIpc) is 2.68. The van der Waals surface area contributed by atoms with Gasteiger partial charge in [0.15, 0.2) is 0 Å². The second-order valence-corrected chi connectivity index (χ2v) is 5.08. The van der Waals surface area contributed by atoms with E-state index in [4.69, 9.17) is 4.52 Å². The maximum absolute atomic E-state index is 5.42. The normalized spacial score (nSPS) is 20.1. The lowest BCUT2D eigenvalue weighted by atomic mass is 9.85. The molecule has 0 amide bonds. The standard InChI is InChI=1S/C13H22N2O/c1-4-10-5-6-13-11(7-10)12(15-16-13)8-14-9(2)3/h9-10,14H,4-8H2,1-3H3. The highest BCUT2D eigenvalue weighted by molar-refractivity contribution is 5.26. The van der Waals surface area contributed by atoms with Crippen LogP contribution in [-0.4, -0.2) is 11.2 Å². The van der Waals surface area contributed by atoms with Crippen molar-refractivity contribution in [3.05, 3.63) is 17.0 Å². The van der Waals surface area contributed by atoms with Gasteiger partial charge in [0.2, 0.25) is 0 Å². The molecule has 0 aromatic carbocycles. The average molecular weight is 222 g/mol. The van der Waals surface area contributed by atoms with Crippen LogP contribution in [0.2, 0.25) is 0 Å². The predicted octanol–water partition coefficient (Wildman–Crippen LogP) is 2.69. The molecule has 0 bridgehead atoms. The Morgan fingerprint density at radius 1 is 1.50 bits per heavy atom. The highest BCUT2D eigenvalue weighted by Crippen LogP contribution is 2.29. The van der Waals surface area contributed by atoms with Gasteiger partial charge in [0.25, 0.3) is 0 Å². The van der Waals surface area contributed by atoms with E-state index in [1.165, 1.54) is 18.4 Å². The minimum Gasteiger partial charge on any atom is -0.361 e. The summed E-state index contributed by atoms with van der Waals surface area (Å²) in [5, 5.41) is 7.61. The number of aryl methyl sites for hydroxylation is 1. The first-order chi connectivity index (χ1) is 7.70. The number of fused-ring (bicyclic) bond motifs is 1. The Bertz CT molecular complexity index is 344. The van der Waals surface area contributed by atoms with Gasteiger partial charge < -0.3 is 9.84 Å². The van der Waals surface area contributed by atoms with Crippen molar-refractivity contribution in [2.75, 3.05) is 0 Å². The molecule has 3 heteroatoms. The van der Waals surface area contributed by atoms with Crippen LogP contribution in [-0.2, 0) is 19.4 Å². The topological polar surface area (TPSA) is 38.1 Å². The fourth-order valence-corrected chi connectivity index (χ4v) is 2.32. The maximum atomic E-state index is 5.42. The van der Waals surface area contributed by atoms with Crippen molar-refractivity contribution in [2.24, 2.45) is 5.92 Å². The van der Waals surface area contributed by atoms with Crippen molar-refractivity contribution in [1.82, 2.24) is 10.5 Å². The molecule has 0 spiro atoms. The molecule has 1 atom stereocenters. The molecule has 0 aliphatic heterocycles.